The molecule has 1 spiro atoms. The first-order chi connectivity index (χ1) is 17.7. The topological polar surface area (TPSA) is 68.1 Å². The Morgan fingerprint density at radius 2 is 1.66 bits per heavy atom. The fraction of sp³-hybridized carbons (Fsp3) is 0.879. The highest BCUT2D eigenvalue weighted by Gasteiger charge is 2.74. The Labute approximate surface area is 230 Å². The molecular weight excluding hydrogens is 472 g/mol. The maximum absolute atomic E-state index is 13.9. The van der Waals surface area contributed by atoms with E-state index in [1.807, 2.05) is 0 Å². The Bertz CT molecular complexity index is 1110. The van der Waals surface area contributed by atoms with E-state index in [-0.39, 0.29) is 33.0 Å². The van der Waals surface area contributed by atoms with Crippen LogP contribution in [0.5, 0.6) is 0 Å². The van der Waals surface area contributed by atoms with Crippen LogP contribution in [0.1, 0.15) is 106 Å². The fourth-order valence-electron chi connectivity index (χ4n) is 12.7. The number of nitrogens with zero attached hydrogens (tertiary/aromatic N) is 2. The summed E-state index contributed by atoms with van der Waals surface area (Å²) in [6.45, 7) is 19.4. The third-order valence-electron chi connectivity index (χ3n) is 14.4. The van der Waals surface area contributed by atoms with Crippen LogP contribution in [0.3, 0.4) is 0 Å². The minimum Gasteiger partial charge on any atom is -0.469 e. The van der Waals surface area contributed by atoms with Crippen molar-refractivity contribution in [1.82, 2.24) is 0 Å². The average molecular weight is 523 g/mol. The maximum atomic E-state index is 13.9. The molecule has 0 bridgehead atoms. The van der Waals surface area contributed by atoms with Gasteiger partial charge in [-0.3, -0.25) is 9.59 Å². The third kappa shape index (κ3) is 2.95. The summed E-state index contributed by atoms with van der Waals surface area (Å²) >= 11 is 0. The summed E-state index contributed by atoms with van der Waals surface area (Å²) in [6.07, 6.45) is 10.3. The molecule has 0 radical (unpaired) electrons. The monoisotopic (exact) mass is 522 g/mol. The predicted octanol–water partition coefficient (Wildman–Crippen LogP) is 7.59. The summed E-state index contributed by atoms with van der Waals surface area (Å²) in [5.41, 5.74) is 0.280. The van der Waals surface area contributed by atoms with Gasteiger partial charge >= 0.3 is 5.97 Å². The number of ketones is 1. The third-order valence-corrected chi connectivity index (χ3v) is 14.4. The molecule has 0 saturated heterocycles. The van der Waals surface area contributed by atoms with Crippen molar-refractivity contribution in [2.24, 2.45) is 66.9 Å². The number of esters is 1. The summed E-state index contributed by atoms with van der Waals surface area (Å²) in [7, 11) is 1.58. The number of allylic oxidation sites excluding steroid dienone is 1. The standard InChI is InChI=1S/C33H50N2O3/c1-20(2)21-11-14-32(27(37)38-8)16-15-30(6)22(25(21)32)9-10-24-29(5)19-33(17-18-34-35-33)26(36)28(3,4)23(29)12-13-31(24,30)7/h21-25H,1,9-19H2,2-8H3/t21-,22+,23-,24+,25+,29-,30+,31+,32-,33-/m0/s1. The van der Waals surface area contributed by atoms with E-state index in [0.29, 0.717) is 41.9 Å². The number of fused-ring (bicyclic) bond motifs is 7. The molecule has 0 amide bonds. The lowest BCUT2D eigenvalue weighted by Crippen LogP contribution is -2.69. The number of ether oxygens (including phenoxy) is 1. The van der Waals surface area contributed by atoms with Crippen LogP contribution in [0.2, 0.25) is 0 Å². The van der Waals surface area contributed by atoms with E-state index in [0.717, 1.165) is 51.4 Å². The summed E-state index contributed by atoms with van der Waals surface area (Å²) in [5.74, 6) is 2.53. The number of rotatable bonds is 2. The van der Waals surface area contributed by atoms with Gasteiger partial charge in [0.2, 0.25) is 0 Å². The molecule has 0 aromatic rings. The molecule has 5 fully saturated rings. The number of Topliss-reactive ketones (excluding diaryl/α,β-unsaturated/α-hetero) is 1. The van der Waals surface area contributed by atoms with E-state index in [4.69, 9.17) is 9.85 Å². The van der Waals surface area contributed by atoms with E-state index < -0.39 is 5.54 Å². The van der Waals surface area contributed by atoms with E-state index in [9.17, 15) is 9.59 Å². The van der Waals surface area contributed by atoms with Crippen molar-refractivity contribution in [1.29, 1.82) is 0 Å². The molecule has 38 heavy (non-hydrogen) atoms. The number of hydrogen-bond acceptors (Lipinski definition) is 5. The largest absolute Gasteiger partial charge is 0.469 e. The zero-order chi connectivity index (χ0) is 27.5. The van der Waals surface area contributed by atoms with Gasteiger partial charge in [-0.1, -0.05) is 46.8 Å². The lowest BCUT2D eigenvalue weighted by molar-refractivity contribution is -0.240. The van der Waals surface area contributed by atoms with Crippen LogP contribution >= 0.6 is 0 Å². The number of hydrogen-bond donors (Lipinski definition) is 0. The van der Waals surface area contributed by atoms with Crippen LogP contribution in [0.4, 0.5) is 0 Å². The molecule has 6 aliphatic rings. The van der Waals surface area contributed by atoms with Gasteiger partial charge in [0.25, 0.3) is 0 Å². The SMILES string of the molecule is C=C(C)[C@@H]1CC[C@]2(C(=O)OC)CC[C@]3(C)[C@H](CC[C@@H]4[C@@]5(C)C[C@@]6(CCN=N6)C(=O)C(C)(C)[C@@H]5CC[C@]43C)[C@@H]12. The molecule has 5 heteroatoms. The van der Waals surface area contributed by atoms with E-state index >= 15 is 0 Å². The van der Waals surface area contributed by atoms with Crippen LogP contribution in [0.15, 0.2) is 22.4 Å². The second-order valence-electron chi connectivity index (χ2n) is 15.8. The van der Waals surface area contributed by atoms with Crippen molar-refractivity contribution >= 4 is 11.8 Å². The second-order valence-corrected chi connectivity index (χ2v) is 15.8. The zero-order valence-electron chi connectivity index (χ0n) is 25.0. The minimum atomic E-state index is -0.617. The molecule has 0 N–H and O–H groups in total. The molecule has 0 aromatic carbocycles. The summed E-state index contributed by atoms with van der Waals surface area (Å²) in [6, 6.07) is 0. The second kappa shape index (κ2) is 8.03. The van der Waals surface area contributed by atoms with Crippen molar-refractivity contribution < 1.29 is 14.3 Å². The molecular formula is C33H50N2O3. The number of carbonyl (C=O) groups is 2. The average Bonchev–Trinajstić information content (AvgIpc) is 3.48. The predicted molar refractivity (Wildman–Crippen MR) is 148 cm³/mol. The van der Waals surface area contributed by atoms with Crippen molar-refractivity contribution in [3.63, 3.8) is 0 Å². The first kappa shape index (κ1) is 26.7. The molecule has 5 saturated carbocycles. The minimum absolute atomic E-state index is 0.0253. The van der Waals surface area contributed by atoms with Crippen LogP contribution < -0.4 is 0 Å². The van der Waals surface area contributed by atoms with Gasteiger partial charge in [-0.15, -0.1) is 0 Å². The Morgan fingerprint density at radius 1 is 0.921 bits per heavy atom. The Balaban J connectivity index is 1.43. The van der Waals surface area contributed by atoms with E-state index in [1.54, 1.807) is 7.11 Å². The van der Waals surface area contributed by atoms with Gasteiger partial charge in [0.1, 0.15) is 5.54 Å². The van der Waals surface area contributed by atoms with E-state index in [2.05, 4.69) is 53.2 Å². The number of carbonyl (C=O) groups excluding carboxylic acids is 2. The summed E-state index contributed by atoms with van der Waals surface area (Å²) < 4.78 is 5.52. The van der Waals surface area contributed by atoms with Gasteiger partial charge in [0, 0.05) is 11.8 Å². The van der Waals surface area contributed by atoms with Gasteiger partial charge in [-0.2, -0.15) is 10.2 Å². The summed E-state index contributed by atoms with van der Waals surface area (Å²) in [4.78, 5) is 27.4. The van der Waals surface area contributed by atoms with Crippen LogP contribution in [-0.4, -0.2) is 30.9 Å². The Morgan fingerprint density at radius 3 is 2.29 bits per heavy atom. The highest BCUT2D eigenvalue weighted by molar-refractivity contribution is 5.95. The van der Waals surface area contributed by atoms with Crippen molar-refractivity contribution in [3.05, 3.63) is 12.2 Å². The molecule has 1 aliphatic heterocycles. The lowest BCUT2D eigenvalue weighted by atomic mass is 9.31. The quantitative estimate of drug-likeness (QED) is 0.277. The lowest BCUT2D eigenvalue weighted by Gasteiger charge is -2.73. The normalized spacial score (nSPS) is 52.6. The van der Waals surface area contributed by atoms with Crippen LogP contribution in [-0.2, 0) is 14.3 Å². The smallest absolute Gasteiger partial charge is 0.312 e. The molecule has 1 heterocycles. The van der Waals surface area contributed by atoms with Gasteiger partial charge in [-0.25, -0.2) is 0 Å². The molecule has 10 atom stereocenters. The van der Waals surface area contributed by atoms with Gasteiger partial charge in [0.15, 0.2) is 5.78 Å². The first-order valence-electron chi connectivity index (χ1n) is 15.4. The van der Waals surface area contributed by atoms with Gasteiger partial charge in [0.05, 0.1) is 19.1 Å². The van der Waals surface area contributed by atoms with Gasteiger partial charge in [-0.05, 0) is 111 Å². The van der Waals surface area contributed by atoms with Crippen molar-refractivity contribution in [3.8, 4) is 0 Å². The Kier molecular flexibility index (Phi) is 5.64. The maximum Gasteiger partial charge on any atom is 0.312 e. The van der Waals surface area contributed by atoms with Gasteiger partial charge < -0.3 is 4.74 Å². The number of methoxy groups -OCH3 is 1. The molecule has 5 aliphatic carbocycles. The highest BCUT2D eigenvalue weighted by Crippen LogP contribution is 2.78. The zero-order valence-corrected chi connectivity index (χ0v) is 25.0. The molecule has 5 nitrogen and oxygen atoms in total. The molecule has 0 unspecified atom stereocenters. The number of azo groups is 1. The van der Waals surface area contributed by atoms with Crippen LogP contribution in [0, 0.1) is 56.7 Å². The van der Waals surface area contributed by atoms with Crippen molar-refractivity contribution in [2.45, 2.75) is 111 Å². The fourth-order valence-corrected chi connectivity index (χ4v) is 12.7. The highest BCUT2D eigenvalue weighted by atomic mass is 16.5. The molecule has 0 aromatic heterocycles. The van der Waals surface area contributed by atoms with Crippen molar-refractivity contribution in [2.75, 3.05) is 13.7 Å². The van der Waals surface area contributed by atoms with E-state index in [1.165, 1.54) is 18.4 Å². The first-order valence-corrected chi connectivity index (χ1v) is 15.4. The molecule has 210 valence electrons. The summed E-state index contributed by atoms with van der Waals surface area (Å²) in [5, 5.41) is 9.11. The Hall–Kier alpha value is -1.52. The van der Waals surface area contributed by atoms with Crippen LogP contribution in [0.25, 0.3) is 0 Å². The molecule has 6 rings (SSSR count).